The number of hydrogen-bond acceptors (Lipinski definition) is 6. The molecular weight excluding hydrogens is 320 g/mol. The van der Waals surface area contributed by atoms with Crippen molar-refractivity contribution >= 4 is 17.3 Å². The van der Waals surface area contributed by atoms with E-state index in [0.29, 0.717) is 18.3 Å². The molecule has 0 atom stereocenters. The first-order chi connectivity index (χ1) is 12.2. The predicted octanol–water partition coefficient (Wildman–Crippen LogP) is 1.28. The zero-order valence-electron chi connectivity index (χ0n) is 14.2. The quantitative estimate of drug-likeness (QED) is 0.874. The lowest BCUT2D eigenvalue weighted by Gasteiger charge is -2.28. The van der Waals surface area contributed by atoms with Crippen LogP contribution in [0.3, 0.4) is 0 Å². The van der Waals surface area contributed by atoms with E-state index in [1.54, 1.807) is 6.20 Å². The van der Waals surface area contributed by atoms with E-state index in [2.05, 4.69) is 25.8 Å². The van der Waals surface area contributed by atoms with Crippen LogP contribution in [-0.2, 0) is 0 Å². The molecule has 2 aliphatic heterocycles. The van der Waals surface area contributed by atoms with E-state index in [-0.39, 0.29) is 5.91 Å². The van der Waals surface area contributed by atoms with Crippen LogP contribution in [0.1, 0.15) is 29.4 Å². The number of likely N-dealkylation sites (N-methyl/N-ethyl adjacent to an activating group) is 1. The molecule has 2 aliphatic rings. The number of carbonyl (C=O) groups excluding carboxylic acids is 1. The van der Waals surface area contributed by atoms with Gasteiger partial charge in [0.05, 0.1) is 24.5 Å². The van der Waals surface area contributed by atoms with E-state index in [9.17, 15) is 4.79 Å². The van der Waals surface area contributed by atoms with Gasteiger partial charge >= 0.3 is 0 Å². The lowest BCUT2D eigenvalue weighted by Crippen LogP contribution is -2.29. The summed E-state index contributed by atoms with van der Waals surface area (Å²) >= 11 is 0. The maximum atomic E-state index is 12.5. The Morgan fingerprint density at radius 3 is 3.04 bits per heavy atom. The Bertz CT molecular complexity index is 768. The molecule has 1 aromatic carbocycles. The van der Waals surface area contributed by atoms with Crippen molar-refractivity contribution in [2.75, 3.05) is 43.5 Å². The smallest absolute Gasteiger partial charge is 0.277 e. The molecule has 0 saturated carbocycles. The summed E-state index contributed by atoms with van der Waals surface area (Å²) in [5, 5.41) is 14.4. The summed E-state index contributed by atoms with van der Waals surface area (Å²) in [6, 6.07) is 5.95. The minimum absolute atomic E-state index is 0.250. The van der Waals surface area contributed by atoms with Crippen molar-refractivity contribution in [1.29, 1.82) is 0 Å². The molecule has 8 heteroatoms. The minimum atomic E-state index is -0.250. The number of amides is 1. The minimum Gasteiger partial charge on any atom is -0.490 e. The molecule has 25 heavy (non-hydrogen) atoms. The number of benzene rings is 1. The topological polar surface area (TPSA) is 84.3 Å². The van der Waals surface area contributed by atoms with E-state index in [0.717, 1.165) is 49.6 Å². The van der Waals surface area contributed by atoms with E-state index in [1.165, 1.54) is 0 Å². The van der Waals surface area contributed by atoms with E-state index in [4.69, 9.17) is 4.74 Å². The van der Waals surface area contributed by atoms with Gasteiger partial charge in [-0.2, -0.15) is 0 Å². The van der Waals surface area contributed by atoms with Gasteiger partial charge in [0.2, 0.25) is 0 Å². The summed E-state index contributed by atoms with van der Waals surface area (Å²) in [7, 11) is 2.01. The van der Waals surface area contributed by atoms with Crippen LogP contribution in [0.15, 0.2) is 24.4 Å². The molecule has 4 rings (SSSR count). The molecule has 3 heterocycles. The maximum Gasteiger partial charge on any atom is 0.277 e. The van der Waals surface area contributed by atoms with Crippen LogP contribution in [0, 0.1) is 0 Å². The molecule has 0 bridgehead atoms. The average Bonchev–Trinajstić information content (AvgIpc) is 3.13. The van der Waals surface area contributed by atoms with E-state index < -0.39 is 0 Å². The fraction of sp³-hybridized carbons (Fsp3) is 0.471. The van der Waals surface area contributed by atoms with Crippen LogP contribution in [0.4, 0.5) is 11.4 Å². The average molecular weight is 342 g/mol. The third kappa shape index (κ3) is 3.30. The Kier molecular flexibility index (Phi) is 4.27. The van der Waals surface area contributed by atoms with Gasteiger partial charge in [-0.3, -0.25) is 4.79 Å². The predicted molar refractivity (Wildman–Crippen MR) is 94.3 cm³/mol. The maximum absolute atomic E-state index is 12.5. The second-order valence-corrected chi connectivity index (χ2v) is 6.47. The van der Waals surface area contributed by atoms with Crippen LogP contribution in [0.5, 0.6) is 5.75 Å². The largest absolute Gasteiger partial charge is 0.490 e. The molecule has 0 spiro atoms. The highest BCUT2D eigenvalue weighted by molar-refractivity contribution is 6.03. The van der Waals surface area contributed by atoms with Gasteiger partial charge in [-0.15, -0.1) is 5.10 Å². The molecule has 0 unspecified atom stereocenters. The normalized spacial score (nSPS) is 17.7. The fourth-order valence-corrected chi connectivity index (χ4v) is 3.25. The Hall–Kier alpha value is -2.61. The lowest BCUT2D eigenvalue weighted by atomic mass is 10.1. The first-order valence-electron chi connectivity index (χ1n) is 8.62. The molecule has 1 aromatic heterocycles. The second kappa shape index (κ2) is 6.72. The third-order valence-corrected chi connectivity index (χ3v) is 4.74. The molecule has 0 radical (unpaired) electrons. The summed E-state index contributed by atoms with van der Waals surface area (Å²) < 4.78 is 7.43. The monoisotopic (exact) mass is 342 g/mol. The van der Waals surface area contributed by atoms with Gasteiger partial charge in [0.25, 0.3) is 5.91 Å². The van der Waals surface area contributed by atoms with Crippen molar-refractivity contribution in [1.82, 2.24) is 20.3 Å². The Balaban J connectivity index is 1.47. The highest BCUT2D eigenvalue weighted by Gasteiger charge is 2.20. The highest BCUT2D eigenvalue weighted by atomic mass is 16.5. The highest BCUT2D eigenvalue weighted by Crippen LogP contribution is 2.33. The molecule has 132 valence electrons. The van der Waals surface area contributed by atoms with Crippen molar-refractivity contribution < 1.29 is 9.53 Å². The number of rotatable bonds is 3. The van der Waals surface area contributed by atoms with Crippen LogP contribution in [0.25, 0.3) is 0 Å². The van der Waals surface area contributed by atoms with Crippen molar-refractivity contribution in [3.05, 3.63) is 30.1 Å². The molecule has 1 amide bonds. The second-order valence-electron chi connectivity index (χ2n) is 6.47. The Labute approximate surface area is 146 Å². The summed E-state index contributed by atoms with van der Waals surface area (Å²) in [5.41, 5.74) is 2.03. The van der Waals surface area contributed by atoms with Crippen LogP contribution >= 0.6 is 0 Å². The summed E-state index contributed by atoms with van der Waals surface area (Å²) in [6.45, 7) is 3.44. The van der Waals surface area contributed by atoms with Crippen LogP contribution in [0.2, 0.25) is 0 Å². The lowest BCUT2D eigenvalue weighted by molar-refractivity contribution is 0.102. The van der Waals surface area contributed by atoms with Crippen molar-refractivity contribution in [3.63, 3.8) is 0 Å². The zero-order valence-corrected chi connectivity index (χ0v) is 14.2. The molecule has 0 aliphatic carbocycles. The Morgan fingerprint density at radius 1 is 1.36 bits per heavy atom. The van der Waals surface area contributed by atoms with E-state index >= 15 is 0 Å². The van der Waals surface area contributed by atoms with Gasteiger partial charge in [-0.05, 0) is 44.1 Å². The van der Waals surface area contributed by atoms with Crippen LogP contribution < -0.4 is 20.3 Å². The van der Waals surface area contributed by atoms with Gasteiger partial charge in [0.1, 0.15) is 12.4 Å². The van der Waals surface area contributed by atoms with Gasteiger partial charge in [-0.25, -0.2) is 4.68 Å². The number of nitrogens with one attached hydrogen (secondary N) is 2. The summed E-state index contributed by atoms with van der Waals surface area (Å²) in [6.07, 6.45) is 3.74. The molecule has 2 aromatic rings. The number of hydrogen-bond donors (Lipinski definition) is 2. The van der Waals surface area contributed by atoms with Crippen molar-refractivity contribution in [2.24, 2.45) is 0 Å². The number of carbonyl (C=O) groups is 1. The summed E-state index contributed by atoms with van der Waals surface area (Å²) in [4.78, 5) is 14.6. The van der Waals surface area contributed by atoms with Gasteiger partial charge in [0, 0.05) is 12.7 Å². The molecular formula is C17H22N6O2. The summed E-state index contributed by atoms with van der Waals surface area (Å²) in [5.74, 6) is 0.586. The van der Waals surface area contributed by atoms with E-state index in [1.807, 2.05) is 29.9 Å². The first-order valence-corrected chi connectivity index (χ1v) is 8.62. The number of aromatic nitrogens is 3. The molecule has 8 nitrogen and oxygen atoms in total. The third-order valence-electron chi connectivity index (χ3n) is 4.74. The first kappa shape index (κ1) is 15.9. The van der Waals surface area contributed by atoms with Crippen molar-refractivity contribution in [2.45, 2.75) is 18.9 Å². The standard InChI is InChI=1S/C17H22N6O2/c1-22-8-9-25-16-3-2-12(10-15(16)22)19-17(24)14-11-23(21-20-14)13-4-6-18-7-5-13/h2-3,10-11,13,18H,4-9H2,1H3,(H,19,24). The Morgan fingerprint density at radius 2 is 2.20 bits per heavy atom. The number of nitrogens with zero attached hydrogens (tertiary/aromatic N) is 4. The SMILES string of the molecule is CN1CCOc2ccc(NC(=O)c3cn(C4CCNCC4)nn3)cc21. The van der Waals surface area contributed by atoms with Crippen LogP contribution in [-0.4, -0.2) is 54.2 Å². The van der Waals surface area contributed by atoms with Gasteiger partial charge in [0.15, 0.2) is 5.69 Å². The number of piperidine rings is 1. The van der Waals surface area contributed by atoms with Gasteiger partial charge < -0.3 is 20.3 Å². The number of fused-ring (bicyclic) bond motifs is 1. The zero-order chi connectivity index (χ0) is 17.2. The number of anilines is 2. The van der Waals surface area contributed by atoms with Gasteiger partial charge in [-0.1, -0.05) is 5.21 Å². The fourth-order valence-electron chi connectivity index (χ4n) is 3.25. The number of ether oxygens (including phenoxy) is 1. The molecule has 1 fully saturated rings. The molecule has 2 N–H and O–H groups in total. The molecule has 1 saturated heterocycles. The van der Waals surface area contributed by atoms with Crippen molar-refractivity contribution in [3.8, 4) is 5.75 Å².